The molecule has 1 heterocycles. The van der Waals surface area contributed by atoms with E-state index in [2.05, 4.69) is 11.2 Å². The van der Waals surface area contributed by atoms with Crippen molar-refractivity contribution in [3.05, 3.63) is 11.9 Å². The first-order chi connectivity index (χ1) is 7.35. The SMILES string of the molecule is CC(C)(C#N)CCn1cc(N)c(C(=O)O)n1. The van der Waals surface area contributed by atoms with Crippen molar-refractivity contribution in [3.63, 3.8) is 0 Å². The van der Waals surface area contributed by atoms with E-state index in [-0.39, 0.29) is 11.4 Å². The molecule has 0 aliphatic carbocycles. The van der Waals surface area contributed by atoms with Gasteiger partial charge >= 0.3 is 5.97 Å². The third-order valence-corrected chi connectivity index (χ3v) is 2.26. The molecule has 0 aliphatic rings. The lowest BCUT2D eigenvalue weighted by atomic mass is 9.92. The van der Waals surface area contributed by atoms with Crippen molar-refractivity contribution in [2.24, 2.45) is 5.41 Å². The molecular formula is C10H14N4O2. The van der Waals surface area contributed by atoms with Crippen molar-refractivity contribution in [1.82, 2.24) is 9.78 Å². The number of nitrogen functional groups attached to an aromatic ring is 1. The van der Waals surface area contributed by atoms with Gasteiger partial charge in [-0.15, -0.1) is 0 Å². The van der Waals surface area contributed by atoms with Gasteiger partial charge in [0, 0.05) is 12.7 Å². The minimum absolute atomic E-state index is 0.141. The maximum absolute atomic E-state index is 10.7. The molecular weight excluding hydrogens is 208 g/mol. The maximum atomic E-state index is 10.7. The van der Waals surface area contributed by atoms with Gasteiger partial charge in [0.05, 0.1) is 17.2 Å². The van der Waals surface area contributed by atoms with Crippen LogP contribution in [0.2, 0.25) is 0 Å². The zero-order valence-corrected chi connectivity index (χ0v) is 9.27. The minimum atomic E-state index is -1.14. The van der Waals surface area contributed by atoms with E-state index in [4.69, 9.17) is 16.1 Å². The Labute approximate surface area is 93.3 Å². The van der Waals surface area contributed by atoms with Crippen LogP contribution in [-0.2, 0) is 6.54 Å². The third-order valence-electron chi connectivity index (χ3n) is 2.26. The molecule has 0 radical (unpaired) electrons. The lowest BCUT2D eigenvalue weighted by molar-refractivity contribution is 0.0690. The molecule has 0 unspecified atom stereocenters. The highest BCUT2D eigenvalue weighted by Crippen LogP contribution is 2.20. The van der Waals surface area contributed by atoms with Gasteiger partial charge in [-0.1, -0.05) is 0 Å². The number of anilines is 1. The fourth-order valence-electron chi connectivity index (χ4n) is 1.17. The van der Waals surface area contributed by atoms with Gasteiger partial charge in [0.1, 0.15) is 0 Å². The van der Waals surface area contributed by atoms with Crippen LogP contribution >= 0.6 is 0 Å². The van der Waals surface area contributed by atoms with Crippen LogP contribution in [0, 0.1) is 16.7 Å². The van der Waals surface area contributed by atoms with Gasteiger partial charge in [-0.3, -0.25) is 4.68 Å². The van der Waals surface area contributed by atoms with Crippen LogP contribution in [0.1, 0.15) is 30.8 Å². The van der Waals surface area contributed by atoms with Crippen LogP contribution in [0.5, 0.6) is 0 Å². The number of aromatic carboxylic acids is 1. The summed E-state index contributed by atoms with van der Waals surface area (Å²) in [6, 6.07) is 2.17. The molecule has 1 aromatic heterocycles. The molecule has 0 aliphatic heterocycles. The standard InChI is InChI=1S/C10H14N4O2/c1-10(2,6-11)3-4-14-5-7(12)8(13-14)9(15)16/h5H,3-4,12H2,1-2H3,(H,15,16). The number of carbonyl (C=O) groups is 1. The number of rotatable bonds is 4. The summed E-state index contributed by atoms with van der Waals surface area (Å²) in [6.45, 7) is 4.11. The minimum Gasteiger partial charge on any atom is -0.476 e. The largest absolute Gasteiger partial charge is 0.476 e. The lowest BCUT2D eigenvalue weighted by Gasteiger charge is -2.14. The molecule has 6 nitrogen and oxygen atoms in total. The lowest BCUT2D eigenvalue weighted by Crippen LogP contribution is -2.13. The van der Waals surface area contributed by atoms with E-state index in [0.717, 1.165) is 0 Å². The Morgan fingerprint density at radius 1 is 1.75 bits per heavy atom. The van der Waals surface area contributed by atoms with E-state index in [1.807, 2.05) is 13.8 Å². The summed E-state index contributed by atoms with van der Waals surface area (Å²) in [5.74, 6) is -1.14. The van der Waals surface area contributed by atoms with Crippen LogP contribution in [0.25, 0.3) is 0 Å². The van der Waals surface area contributed by atoms with Crippen LogP contribution in [-0.4, -0.2) is 20.9 Å². The molecule has 1 aromatic rings. The maximum Gasteiger partial charge on any atom is 0.358 e. The Morgan fingerprint density at radius 2 is 2.38 bits per heavy atom. The van der Waals surface area contributed by atoms with Crippen LogP contribution in [0.4, 0.5) is 5.69 Å². The summed E-state index contributed by atoms with van der Waals surface area (Å²) >= 11 is 0. The smallest absolute Gasteiger partial charge is 0.358 e. The van der Waals surface area contributed by atoms with Crippen molar-refractivity contribution in [1.29, 1.82) is 5.26 Å². The molecule has 0 atom stereocenters. The summed E-state index contributed by atoms with van der Waals surface area (Å²) in [4.78, 5) is 10.7. The summed E-state index contributed by atoms with van der Waals surface area (Å²) in [6.07, 6.45) is 2.06. The molecule has 0 saturated heterocycles. The second-order valence-corrected chi connectivity index (χ2v) is 4.25. The van der Waals surface area contributed by atoms with Gasteiger partial charge in [-0.25, -0.2) is 4.79 Å². The number of aromatic nitrogens is 2. The molecule has 0 saturated carbocycles. The molecule has 1 rings (SSSR count). The summed E-state index contributed by atoms with van der Waals surface area (Å²) < 4.78 is 1.46. The highest BCUT2D eigenvalue weighted by Gasteiger charge is 2.18. The topological polar surface area (TPSA) is 105 Å². The number of carboxylic acid groups (broad SMARTS) is 1. The Kier molecular flexibility index (Phi) is 3.18. The monoisotopic (exact) mass is 222 g/mol. The quantitative estimate of drug-likeness (QED) is 0.793. The molecule has 16 heavy (non-hydrogen) atoms. The van der Waals surface area contributed by atoms with Crippen LogP contribution < -0.4 is 5.73 Å². The molecule has 0 bridgehead atoms. The average molecular weight is 222 g/mol. The molecule has 6 heteroatoms. The second-order valence-electron chi connectivity index (χ2n) is 4.25. The van der Waals surface area contributed by atoms with E-state index in [1.54, 1.807) is 0 Å². The number of nitrogens with zero attached hydrogens (tertiary/aromatic N) is 3. The normalized spacial score (nSPS) is 11.1. The number of hydrogen-bond donors (Lipinski definition) is 2. The van der Waals surface area contributed by atoms with Crippen molar-refractivity contribution in [2.45, 2.75) is 26.8 Å². The molecule has 0 spiro atoms. The zero-order valence-electron chi connectivity index (χ0n) is 9.27. The molecule has 0 aromatic carbocycles. The van der Waals surface area contributed by atoms with E-state index in [9.17, 15) is 4.79 Å². The third kappa shape index (κ3) is 2.73. The number of nitrogens with two attached hydrogens (primary N) is 1. The molecule has 0 amide bonds. The molecule has 0 fully saturated rings. The predicted octanol–water partition coefficient (Wildman–Crippen LogP) is 1.10. The fourth-order valence-corrected chi connectivity index (χ4v) is 1.17. The molecule has 3 N–H and O–H groups in total. The number of nitriles is 1. The van der Waals surface area contributed by atoms with Crippen molar-refractivity contribution < 1.29 is 9.90 Å². The molecule has 86 valence electrons. The van der Waals surface area contributed by atoms with E-state index in [1.165, 1.54) is 10.9 Å². The number of carboxylic acids is 1. The average Bonchev–Trinajstić information content (AvgIpc) is 2.57. The summed E-state index contributed by atoms with van der Waals surface area (Å²) in [5.41, 5.74) is 5.03. The van der Waals surface area contributed by atoms with E-state index in [0.29, 0.717) is 13.0 Å². The van der Waals surface area contributed by atoms with Gasteiger partial charge in [0.25, 0.3) is 0 Å². The summed E-state index contributed by atoms with van der Waals surface area (Å²) in [5, 5.41) is 21.4. The van der Waals surface area contributed by atoms with Gasteiger partial charge in [0.2, 0.25) is 0 Å². The van der Waals surface area contributed by atoms with Gasteiger partial charge in [-0.2, -0.15) is 10.4 Å². The van der Waals surface area contributed by atoms with Gasteiger partial charge < -0.3 is 10.8 Å². The van der Waals surface area contributed by atoms with Gasteiger partial charge in [-0.05, 0) is 20.3 Å². The zero-order chi connectivity index (χ0) is 12.3. The number of aryl methyl sites for hydroxylation is 1. The van der Waals surface area contributed by atoms with Crippen LogP contribution in [0.3, 0.4) is 0 Å². The van der Waals surface area contributed by atoms with E-state index >= 15 is 0 Å². The van der Waals surface area contributed by atoms with Gasteiger partial charge in [0.15, 0.2) is 5.69 Å². The second kappa shape index (κ2) is 4.23. The van der Waals surface area contributed by atoms with E-state index < -0.39 is 11.4 Å². The highest BCUT2D eigenvalue weighted by atomic mass is 16.4. The predicted molar refractivity (Wildman–Crippen MR) is 57.6 cm³/mol. The Bertz CT molecular complexity index is 442. The highest BCUT2D eigenvalue weighted by molar-refractivity contribution is 5.91. The van der Waals surface area contributed by atoms with Crippen molar-refractivity contribution >= 4 is 11.7 Å². The van der Waals surface area contributed by atoms with Crippen molar-refractivity contribution in [2.75, 3.05) is 5.73 Å². The first kappa shape index (κ1) is 12.0. The number of hydrogen-bond acceptors (Lipinski definition) is 4. The Balaban J connectivity index is 2.74. The fraction of sp³-hybridized carbons (Fsp3) is 0.500. The van der Waals surface area contributed by atoms with Crippen molar-refractivity contribution in [3.8, 4) is 6.07 Å². The summed E-state index contributed by atoms with van der Waals surface area (Å²) in [7, 11) is 0. The van der Waals surface area contributed by atoms with Crippen LogP contribution in [0.15, 0.2) is 6.20 Å². The first-order valence-corrected chi connectivity index (χ1v) is 4.83. The Morgan fingerprint density at radius 3 is 2.81 bits per heavy atom. The Hall–Kier alpha value is -2.03. The first-order valence-electron chi connectivity index (χ1n) is 4.83.